The first-order chi connectivity index (χ1) is 10.8. The van der Waals surface area contributed by atoms with Gasteiger partial charge in [-0.25, -0.2) is 0 Å². The van der Waals surface area contributed by atoms with Crippen molar-refractivity contribution in [3.8, 4) is 0 Å². The summed E-state index contributed by atoms with van der Waals surface area (Å²) in [6, 6.07) is 8.44. The molecule has 5 nitrogen and oxygen atoms in total. The van der Waals surface area contributed by atoms with Crippen LogP contribution in [0.4, 0.5) is 0 Å². The number of carbonyl (C=O) groups is 2. The van der Waals surface area contributed by atoms with Crippen LogP contribution in [0.3, 0.4) is 0 Å². The van der Waals surface area contributed by atoms with Gasteiger partial charge in [-0.2, -0.15) is 0 Å². The van der Waals surface area contributed by atoms with Crippen LogP contribution in [-0.2, 0) is 16.0 Å². The molecule has 0 unspecified atom stereocenters. The first-order valence-electron chi connectivity index (χ1n) is 8.19. The Balaban J connectivity index is 2.66. The third kappa shape index (κ3) is 7.28. The second kappa shape index (κ2) is 9.30. The molecule has 0 saturated heterocycles. The van der Waals surface area contributed by atoms with Crippen LogP contribution in [0.25, 0.3) is 0 Å². The fourth-order valence-corrected chi connectivity index (χ4v) is 2.33. The van der Waals surface area contributed by atoms with Crippen molar-refractivity contribution < 1.29 is 9.59 Å². The summed E-state index contributed by atoms with van der Waals surface area (Å²) >= 11 is 0. The van der Waals surface area contributed by atoms with Crippen molar-refractivity contribution in [2.75, 3.05) is 0 Å². The molecule has 0 aliphatic rings. The highest BCUT2D eigenvalue weighted by molar-refractivity contribution is 5.89. The standard InChI is InChI=1S/C18H29N3O2/c1-12(2)10-16(18(23)20-13(3)4)21-17(22)15(19)11-14-8-6-5-7-9-14/h5-9,12-13,15-16H,10-11,19H2,1-4H3,(H,20,23)(H,21,22)/t15-,16-/m1/s1. The maximum atomic E-state index is 12.3. The van der Waals surface area contributed by atoms with Crippen LogP contribution in [0.2, 0.25) is 0 Å². The van der Waals surface area contributed by atoms with Gasteiger partial charge in [0.25, 0.3) is 0 Å². The van der Waals surface area contributed by atoms with Gasteiger partial charge in [0, 0.05) is 6.04 Å². The van der Waals surface area contributed by atoms with Crippen molar-refractivity contribution in [3.05, 3.63) is 35.9 Å². The number of nitrogens with two attached hydrogens (primary N) is 1. The summed E-state index contributed by atoms with van der Waals surface area (Å²) in [5.41, 5.74) is 6.99. The van der Waals surface area contributed by atoms with Gasteiger partial charge in [-0.05, 0) is 38.2 Å². The molecule has 0 fully saturated rings. The first kappa shape index (κ1) is 19.2. The SMILES string of the molecule is CC(C)C[C@@H](NC(=O)[C@H](N)Cc1ccccc1)C(=O)NC(C)C. The van der Waals surface area contributed by atoms with E-state index in [1.807, 2.05) is 58.0 Å². The number of amides is 2. The molecule has 0 spiro atoms. The zero-order chi connectivity index (χ0) is 17.4. The van der Waals surface area contributed by atoms with E-state index in [2.05, 4.69) is 10.6 Å². The quantitative estimate of drug-likeness (QED) is 0.680. The first-order valence-corrected chi connectivity index (χ1v) is 8.19. The highest BCUT2D eigenvalue weighted by Crippen LogP contribution is 2.07. The summed E-state index contributed by atoms with van der Waals surface area (Å²) in [7, 11) is 0. The van der Waals surface area contributed by atoms with Gasteiger partial charge in [0.15, 0.2) is 0 Å². The van der Waals surface area contributed by atoms with E-state index >= 15 is 0 Å². The lowest BCUT2D eigenvalue weighted by molar-refractivity contribution is -0.130. The zero-order valence-corrected chi connectivity index (χ0v) is 14.5. The second-order valence-corrected chi connectivity index (χ2v) is 6.65. The molecule has 0 aliphatic heterocycles. The van der Waals surface area contributed by atoms with E-state index in [0.29, 0.717) is 18.8 Å². The van der Waals surface area contributed by atoms with Gasteiger partial charge in [-0.15, -0.1) is 0 Å². The molecule has 1 aromatic carbocycles. The fraction of sp³-hybridized carbons (Fsp3) is 0.556. The Bertz CT molecular complexity index is 500. The lowest BCUT2D eigenvalue weighted by Gasteiger charge is -2.23. The van der Waals surface area contributed by atoms with Gasteiger partial charge in [0.2, 0.25) is 11.8 Å². The molecule has 0 aliphatic carbocycles. The topological polar surface area (TPSA) is 84.2 Å². The molecule has 1 rings (SSSR count). The average Bonchev–Trinajstić information content (AvgIpc) is 2.46. The molecule has 5 heteroatoms. The van der Waals surface area contributed by atoms with Gasteiger partial charge in [-0.3, -0.25) is 9.59 Å². The third-order valence-electron chi connectivity index (χ3n) is 3.41. The zero-order valence-electron chi connectivity index (χ0n) is 14.5. The summed E-state index contributed by atoms with van der Waals surface area (Å²) < 4.78 is 0. The number of hydrogen-bond acceptors (Lipinski definition) is 3. The van der Waals surface area contributed by atoms with Gasteiger partial charge in [-0.1, -0.05) is 44.2 Å². The molecule has 23 heavy (non-hydrogen) atoms. The Morgan fingerprint density at radius 3 is 2.13 bits per heavy atom. The maximum Gasteiger partial charge on any atom is 0.242 e. The van der Waals surface area contributed by atoms with Gasteiger partial charge in [0.1, 0.15) is 6.04 Å². The van der Waals surface area contributed by atoms with Crippen LogP contribution >= 0.6 is 0 Å². The third-order valence-corrected chi connectivity index (χ3v) is 3.41. The minimum atomic E-state index is -0.668. The lowest BCUT2D eigenvalue weighted by Crippen LogP contribution is -2.53. The molecule has 128 valence electrons. The number of carbonyl (C=O) groups excluding carboxylic acids is 2. The normalized spacial score (nSPS) is 13.7. The minimum absolute atomic E-state index is 0.0343. The number of benzene rings is 1. The van der Waals surface area contributed by atoms with E-state index in [1.165, 1.54) is 0 Å². The van der Waals surface area contributed by atoms with Crippen LogP contribution in [0.5, 0.6) is 0 Å². The molecule has 2 amide bonds. The largest absolute Gasteiger partial charge is 0.352 e. The van der Waals surface area contributed by atoms with E-state index in [9.17, 15) is 9.59 Å². The molecule has 0 aromatic heterocycles. The van der Waals surface area contributed by atoms with Crippen LogP contribution in [0.1, 0.15) is 39.7 Å². The number of hydrogen-bond donors (Lipinski definition) is 3. The lowest BCUT2D eigenvalue weighted by atomic mass is 10.0. The molecule has 0 heterocycles. The van der Waals surface area contributed by atoms with Crippen molar-refractivity contribution in [2.45, 2.75) is 58.7 Å². The minimum Gasteiger partial charge on any atom is -0.352 e. The van der Waals surface area contributed by atoms with Crippen molar-refractivity contribution in [2.24, 2.45) is 11.7 Å². The number of rotatable bonds is 8. The molecule has 0 saturated carbocycles. The summed E-state index contributed by atoms with van der Waals surface area (Å²) in [4.78, 5) is 24.6. The van der Waals surface area contributed by atoms with Gasteiger partial charge >= 0.3 is 0 Å². The smallest absolute Gasteiger partial charge is 0.242 e. The maximum absolute atomic E-state index is 12.3. The Morgan fingerprint density at radius 1 is 1.00 bits per heavy atom. The van der Waals surface area contributed by atoms with E-state index in [0.717, 1.165) is 5.56 Å². The summed E-state index contributed by atoms with van der Waals surface area (Å²) in [6.45, 7) is 7.83. The van der Waals surface area contributed by atoms with E-state index in [4.69, 9.17) is 5.73 Å². The second-order valence-electron chi connectivity index (χ2n) is 6.65. The summed E-state index contributed by atoms with van der Waals surface area (Å²) in [5, 5.41) is 5.65. The molecular formula is C18H29N3O2. The molecule has 0 bridgehead atoms. The van der Waals surface area contributed by atoms with Crippen molar-refractivity contribution in [1.29, 1.82) is 0 Å². The predicted octanol–water partition coefficient (Wildman–Crippen LogP) is 1.61. The van der Waals surface area contributed by atoms with Crippen LogP contribution in [0.15, 0.2) is 30.3 Å². The Kier molecular flexibility index (Phi) is 7.75. The van der Waals surface area contributed by atoms with Crippen LogP contribution in [-0.4, -0.2) is 29.9 Å². The fourth-order valence-electron chi connectivity index (χ4n) is 2.33. The van der Waals surface area contributed by atoms with Gasteiger partial charge < -0.3 is 16.4 Å². The molecule has 2 atom stereocenters. The van der Waals surface area contributed by atoms with E-state index in [-0.39, 0.29) is 17.9 Å². The number of nitrogens with one attached hydrogen (secondary N) is 2. The average molecular weight is 319 g/mol. The Morgan fingerprint density at radius 2 is 1.61 bits per heavy atom. The molecule has 4 N–H and O–H groups in total. The van der Waals surface area contributed by atoms with Crippen LogP contribution in [0, 0.1) is 5.92 Å². The summed E-state index contributed by atoms with van der Waals surface area (Å²) in [5.74, 6) is -0.157. The Labute approximate surface area is 139 Å². The molecular weight excluding hydrogens is 290 g/mol. The predicted molar refractivity (Wildman–Crippen MR) is 92.8 cm³/mol. The van der Waals surface area contributed by atoms with Crippen molar-refractivity contribution in [3.63, 3.8) is 0 Å². The highest BCUT2D eigenvalue weighted by Gasteiger charge is 2.25. The van der Waals surface area contributed by atoms with Crippen molar-refractivity contribution in [1.82, 2.24) is 10.6 Å². The Hall–Kier alpha value is -1.88. The van der Waals surface area contributed by atoms with Crippen LogP contribution < -0.4 is 16.4 Å². The van der Waals surface area contributed by atoms with Crippen molar-refractivity contribution >= 4 is 11.8 Å². The monoisotopic (exact) mass is 319 g/mol. The van der Waals surface area contributed by atoms with E-state index in [1.54, 1.807) is 0 Å². The molecule has 1 aromatic rings. The molecule has 0 radical (unpaired) electrons. The van der Waals surface area contributed by atoms with E-state index < -0.39 is 12.1 Å². The highest BCUT2D eigenvalue weighted by atomic mass is 16.2. The summed E-state index contributed by atoms with van der Waals surface area (Å²) in [6.07, 6.45) is 1.04. The van der Waals surface area contributed by atoms with Gasteiger partial charge in [0.05, 0.1) is 6.04 Å².